The summed E-state index contributed by atoms with van der Waals surface area (Å²) in [6.45, 7) is 2.18. The molecule has 0 saturated heterocycles. The van der Waals surface area contributed by atoms with Gasteiger partial charge in [-0.15, -0.1) is 0 Å². The first-order chi connectivity index (χ1) is 12.1. The van der Waals surface area contributed by atoms with E-state index in [1.807, 2.05) is 24.3 Å². The third kappa shape index (κ3) is 8.35. The fourth-order valence-electron chi connectivity index (χ4n) is 2.65. The normalized spacial score (nSPS) is 19.3. The second-order valence-corrected chi connectivity index (χ2v) is 6.58. The molecule has 0 bridgehead atoms. The summed E-state index contributed by atoms with van der Waals surface area (Å²) in [5, 5.41) is 0.315. The lowest BCUT2D eigenvalue weighted by atomic mass is 9.97. The molecule has 3 nitrogen and oxygen atoms in total. The van der Waals surface area contributed by atoms with Gasteiger partial charge in [0.25, 0.3) is 0 Å². The first kappa shape index (κ1) is 21.4. The highest BCUT2D eigenvalue weighted by Gasteiger charge is 2.27. The fraction of sp³-hybridized carbons (Fsp3) is 0.524. The maximum atomic E-state index is 12.1. The van der Waals surface area contributed by atoms with Gasteiger partial charge in [-0.05, 0) is 32.1 Å². The van der Waals surface area contributed by atoms with Crippen LogP contribution in [0.1, 0.15) is 58.3 Å². The van der Waals surface area contributed by atoms with Gasteiger partial charge in [0, 0.05) is 17.9 Å². The molecule has 0 aromatic heterocycles. The van der Waals surface area contributed by atoms with E-state index in [1.165, 1.54) is 26.4 Å². The van der Waals surface area contributed by atoms with E-state index in [2.05, 4.69) is 23.8 Å². The van der Waals surface area contributed by atoms with Crippen LogP contribution in [0.25, 0.3) is 0 Å². The number of esters is 1. The minimum Gasteiger partial charge on any atom is -0.469 e. The fourth-order valence-corrected chi connectivity index (χ4v) is 2.91. The molecule has 0 spiro atoms. The number of carbonyl (C=O) groups excluding carboxylic acids is 2. The van der Waals surface area contributed by atoms with Crippen LogP contribution in [0.2, 0.25) is 0 Å². The van der Waals surface area contributed by atoms with E-state index in [0.29, 0.717) is 11.5 Å². The van der Waals surface area contributed by atoms with Gasteiger partial charge >= 0.3 is 5.97 Å². The van der Waals surface area contributed by atoms with Crippen LogP contribution in [-0.2, 0) is 14.3 Å². The molecule has 1 aliphatic carbocycles. The second kappa shape index (κ2) is 12.7. The summed E-state index contributed by atoms with van der Waals surface area (Å²) in [6, 6.07) is 0. The molecular weight excluding hydrogens is 336 g/mol. The van der Waals surface area contributed by atoms with Crippen molar-refractivity contribution >= 4 is 23.4 Å². The van der Waals surface area contributed by atoms with Crippen molar-refractivity contribution in [3.05, 3.63) is 47.1 Å². The van der Waals surface area contributed by atoms with Crippen LogP contribution < -0.4 is 0 Å². The molecule has 0 fully saturated rings. The van der Waals surface area contributed by atoms with Crippen molar-refractivity contribution in [2.75, 3.05) is 7.11 Å². The van der Waals surface area contributed by atoms with Gasteiger partial charge in [-0.3, -0.25) is 9.59 Å². The molecule has 1 rings (SSSR count). The number of ether oxygens (including phenoxy) is 1. The van der Waals surface area contributed by atoms with Gasteiger partial charge in [-0.25, -0.2) is 0 Å². The Morgan fingerprint density at radius 2 is 1.96 bits per heavy atom. The van der Waals surface area contributed by atoms with E-state index in [0.717, 1.165) is 31.3 Å². The van der Waals surface area contributed by atoms with Gasteiger partial charge in [0.1, 0.15) is 0 Å². The zero-order valence-electron chi connectivity index (χ0n) is 15.3. The van der Waals surface area contributed by atoms with Gasteiger partial charge < -0.3 is 4.74 Å². The molecule has 4 heteroatoms. The zero-order valence-corrected chi connectivity index (χ0v) is 16.1. The van der Waals surface area contributed by atoms with Crippen LogP contribution in [0.15, 0.2) is 47.1 Å². The summed E-state index contributed by atoms with van der Waals surface area (Å²) in [5.74, 6) is -0.207. The van der Waals surface area contributed by atoms with Crippen molar-refractivity contribution in [3.63, 3.8) is 0 Å². The van der Waals surface area contributed by atoms with Crippen molar-refractivity contribution < 1.29 is 14.3 Å². The Balaban J connectivity index is 2.46. The Labute approximate surface area is 156 Å². The molecule has 0 radical (unpaired) electrons. The number of methoxy groups -OCH3 is 1. The maximum absolute atomic E-state index is 12.1. The van der Waals surface area contributed by atoms with Crippen LogP contribution in [0.3, 0.4) is 0 Å². The smallest absolute Gasteiger partial charge is 0.305 e. The maximum Gasteiger partial charge on any atom is 0.305 e. The van der Waals surface area contributed by atoms with E-state index in [9.17, 15) is 9.59 Å². The Bertz CT molecular complexity index is 555. The Hall–Kier alpha value is -1.61. The van der Waals surface area contributed by atoms with Crippen molar-refractivity contribution in [3.8, 4) is 0 Å². The Morgan fingerprint density at radius 3 is 2.68 bits per heavy atom. The van der Waals surface area contributed by atoms with E-state index in [1.54, 1.807) is 0 Å². The zero-order chi connectivity index (χ0) is 18.5. The lowest BCUT2D eigenvalue weighted by Gasteiger charge is -2.06. The highest BCUT2D eigenvalue weighted by atomic mass is 35.5. The minimum atomic E-state index is -0.180. The summed E-state index contributed by atoms with van der Waals surface area (Å²) in [6.07, 6.45) is 19.4. The molecule has 0 aliphatic heterocycles. The molecular formula is C21H29ClO3. The summed E-state index contributed by atoms with van der Waals surface area (Å²) >= 11 is 6.02. The number of allylic oxidation sites excluding steroid dienone is 8. The van der Waals surface area contributed by atoms with Crippen LogP contribution in [-0.4, -0.2) is 18.9 Å². The number of rotatable bonds is 11. The first-order valence-electron chi connectivity index (χ1n) is 9.10. The molecule has 1 unspecified atom stereocenters. The number of carbonyl (C=O) groups is 2. The summed E-state index contributed by atoms with van der Waals surface area (Å²) in [7, 11) is 1.40. The summed E-state index contributed by atoms with van der Waals surface area (Å²) in [4.78, 5) is 23.2. The van der Waals surface area contributed by atoms with E-state index < -0.39 is 0 Å². The third-order valence-corrected chi connectivity index (χ3v) is 4.45. The Kier molecular flexibility index (Phi) is 10.9. The van der Waals surface area contributed by atoms with E-state index in [-0.39, 0.29) is 17.7 Å². The summed E-state index contributed by atoms with van der Waals surface area (Å²) in [5.41, 5.74) is 0.760. The van der Waals surface area contributed by atoms with Crippen LogP contribution >= 0.6 is 11.6 Å². The van der Waals surface area contributed by atoms with Crippen molar-refractivity contribution in [1.82, 2.24) is 0 Å². The molecule has 138 valence electrons. The summed E-state index contributed by atoms with van der Waals surface area (Å²) < 4.78 is 4.61. The average molecular weight is 365 g/mol. The number of ketones is 1. The second-order valence-electron chi connectivity index (χ2n) is 6.17. The lowest BCUT2D eigenvalue weighted by Crippen LogP contribution is -2.02. The van der Waals surface area contributed by atoms with Gasteiger partial charge in [0.05, 0.1) is 12.1 Å². The van der Waals surface area contributed by atoms with Crippen LogP contribution in [0, 0.1) is 5.92 Å². The molecule has 0 N–H and O–H groups in total. The number of Topliss-reactive ketones (excluding diaryl/α,β-unsaturated/α-hetero) is 1. The topological polar surface area (TPSA) is 43.4 Å². The Morgan fingerprint density at radius 1 is 1.20 bits per heavy atom. The largest absolute Gasteiger partial charge is 0.469 e. The van der Waals surface area contributed by atoms with Crippen molar-refractivity contribution in [2.45, 2.75) is 58.3 Å². The van der Waals surface area contributed by atoms with Crippen LogP contribution in [0.4, 0.5) is 0 Å². The van der Waals surface area contributed by atoms with Crippen molar-refractivity contribution in [1.29, 1.82) is 0 Å². The average Bonchev–Trinajstić information content (AvgIpc) is 2.88. The van der Waals surface area contributed by atoms with Crippen LogP contribution in [0.5, 0.6) is 0 Å². The predicted molar refractivity (Wildman–Crippen MR) is 103 cm³/mol. The molecule has 1 atom stereocenters. The molecule has 0 amide bonds. The standard InChI is InChI=1S/C21H29ClO3/c1-3-4-5-6-7-11-14-18-17(16-19(22)21(18)24)13-10-8-9-12-15-20(23)25-2/h7-8,10-11,14,16-17H,3-6,9,12-13,15H2,1-2H3. The predicted octanol–water partition coefficient (Wildman–Crippen LogP) is 5.66. The van der Waals surface area contributed by atoms with E-state index >= 15 is 0 Å². The molecule has 25 heavy (non-hydrogen) atoms. The number of halogens is 1. The number of unbranched alkanes of at least 4 members (excludes halogenated alkanes) is 4. The lowest BCUT2D eigenvalue weighted by molar-refractivity contribution is -0.140. The van der Waals surface area contributed by atoms with Crippen molar-refractivity contribution in [2.24, 2.45) is 5.92 Å². The minimum absolute atomic E-state index is 0.0390. The first-order valence-corrected chi connectivity index (χ1v) is 9.48. The molecule has 1 aliphatic rings. The third-order valence-electron chi connectivity index (χ3n) is 4.15. The van der Waals surface area contributed by atoms with Gasteiger partial charge in [0.15, 0.2) is 0 Å². The van der Waals surface area contributed by atoms with Gasteiger partial charge in [0.2, 0.25) is 5.78 Å². The molecule has 0 saturated carbocycles. The molecule has 0 aromatic rings. The highest BCUT2D eigenvalue weighted by molar-refractivity contribution is 6.46. The number of hydrogen-bond donors (Lipinski definition) is 0. The SMILES string of the molecule is CCCCCC=CC=C1C(=O)C(Cl)=CC1CC=CCCCC(=O)OC. The van der Waals surface area contributed by atoms with Gasteiger partial charge in [-0.2, -0.15) is 0 Å². The molecule has 0 heterocycles. The monoisotopic (exact) mass is 364 g/mol. The molecule has 0 aromatic carbocycles. The quantitative estimate of drug-likeness (QED) is 0.205. The highest BCUT2D eigenvalue weighted by Crippen LogP contribution is 2.31. The number of hydrogen-bond acceptors (Lipinski definition) is 3. The van der Waals surface area contributed by atoms with E-state index in [4.69, 9.17) is 11.6 Å². The van der Waals surface area contributed by atoms with Gasteiger partial charge in [-0.1, -0.05) is 67.8 Å².